The maximum atomic E-state index is 12.1. The number of hydrogen-bond donors (Lipinski definition) is 1. The molecule has 2 rings (SSSR count). The van der Waals surface area contributed by atoms with Gasteiger partial charge in [0.05, 0.1) is 23.6 Å². The Bertz CT molecular complexity index is 618. The lowest BCUT2D eigenvalue weighted by Crippen LogP contribution is -2.38. The number of rotatable bonds is 3. The molecule has 1 N–H and O–H groups in total. The molecule has 0 spiro atoms. The summed E-state index contributed by atoms with van der Waals surface area (Å²) < 4.78 is 25.4. The summed E-state index contributed by atoms with van der Waals surface area (Å²) in [7, 11) is -2.04. The summed E-state index contributed by atoms with van der Waals surface area (Å²) in [4.78, 5) is 16.3. The monoisotopic (exact) mass is 318 g/mol. The van der Waals surface area contributed by atoms with Crippen LogP contribution in [0.2, 0.25) is 5.02 Å². The topological polar surface area (TPSA) is 75.7 Å². The van der Waals surface area contributed by atoms with Crippen molar-refractivity contribution >= 4 is 33.2 Å². The van der Waals surface area contributed by atoms with E-state index in [0.29, 0.717) is 23.7 Å². The zero-order chi connectivity index (χ0) is 14.8. The number of hydrogen-bond acceptors (Lipinski definition) is 4. The van der Waals surface area contributed by atoms with Crippen molar-refractivity contribution in [2.75, 3.05) is 23.7 Å². The maximum Gasteiger partial charge on any atom is 0.274 e. The highest BCUT2D eigenvalue weighted by atomic mass is 35.5. The first-order chi connectivity index (χ1) is 9.45. The second-order valence-corrected chi connectivity index (χ2v) is 6.82. The first kappa shape index (κ1) is 15.1. The molecule has 1 aliphatic rings. The fraction of sp³-hybridized carbons (Fsp3) is 0.417. The van der Waals surface area contributed by atoms with E-state index in [-0.39, 0.29) is 11.3 Å². The fourth-order valence-corrected chi connectivity index (χ4v) is 3.97. The Morgan fingerprint density at radius 1 is 1.40 bits per heavy atom. The summed E-state index contributed by atoms with van der Waals surface area (Å²) in [5.74, 6) is -0.363. The SMILES string of the molecule is CONC(=O)c1ccc(Cl)c(N2CCCCS2(=O)=O)c1. The molecule has 1 fully saturated rings. The molecule has 1 amide bonds. The summed E-state index contributed by atoms with van der Waals surface area (Å²) in [5.41, 5.74) is 2.80. The van der Waals surface area contributed by atoms with Gasteiger partial charge in [0.2, 0.25) is 10.0 Å². The standard InChI is InChI=1S/C12H15ClN2O4S/c1-19-14-12(16)9-4-5-10(13)11(8-9)15-6-2-3-7-20(15,17)18/h4-5,8H,2-3,6-7H2,1H3,(H,14,16). The number of carbonyl (C=O) groups excluding carboxylic acids is 1. The Kier molecular flexibility index (Phi) is 4.52. The molecule has 1 heterocycles. The molecule has 1 aromatic carbocycles. The van der Waals surface area contributed by atoms with Gasteiger partial charge in [-0.2, -0.15) is 0 Å². The Morgan fingerprint density at radius 3 is 2.80 bits per heavy atom. The molecule has 1 saturated heterocycles. The minimum atomic E-state index is -3.37. The minimum Gasteiger partial charge on any atom is -0.277 e. The Hall–Kier alpha value is -1.31. The highest BCUT2D eigenvalue weighted by Crippen LogP contribution is 2.31. The Labute approximate surface area is 122 Å². The van der Waals surface area contributed by atoms with Crippen LogP contribution in [-0.2, 0) is 14.9 Å². The van der Waals surface area contributed by atoms with Crippen molar-refractivity contribution in [1.82, 2.24) is 5.48 Å². The predicted molar refractivity (Wildman–Crippen MR) is 76.3 cm³/mol. The van der Waals surface area contributed by atoms with Crippen LogP contribution in [0.5, 0.6) is 0 Å². The van der Waals surface area contributed by atoms with E-state index >= 15 is 0 Å². The lowest BCUT2D eigenvalue weighted by atomic mass is 10.2. The van der Waals surface area contributed by atoms with Gasteiger partial charge in [0.15, 0.2) is 0 Å². The summed E-state index contributed by atoms with van der Waals surface area (Å²) >= 11 is 6.07. The van der Waals surface area contributed by atoms with Crippen molar-refractivity contribution in [2.45, 2.75) is 12.8 Å². The third-order valence-corrected chi connectivity index (χ3v) is 5.20. The van der Waals surface area contributed by atoms with Crippen molar-refractivity contribution in [3.05, 3.63) is 28.8 Å². The molecule has 0 atom stereocenters. The van der Waals surface area contributed by atoms with Crippen LogP contribution < -0.4 is 9.79 Å². The molecular formula is C12H15ClN2O4S. The van der Waals surface area contributed by atoms with Crippen molar-refractivity contribution in [3.8, 4) is 0 Å². The fourth-order valence-electron chi connectivity index (χ4n) is 2.06. The molecule has 0 aliphatic carbocycles. The number of sulfonamides is 1. The molecular weight excluding hydrogens is 304 g/mol. The summed E-state index contributed by atoms with van der Waals surface area (Å²) in [6.07, 6.45) is 1.41. The first-order valence-corrected chi connectivity index (χ1v) is 8.08. The van der Waals surface area contributed by atoms with E-state index < -0.39 is 15.9 Å². The van der Waals surface area contributed by atoms with Gasteiger partial charge in [-0.15, -0.1) is 0 Å². The van der Waals surface area contributed by atoms with E-state index in [9.17, 15) is 13.2 Å². The van der Waals surface area contributed by atoms with E-state index in [1.165, 1.54) is 29.6 Å². The van der Waals surface area contributed by atoms with Crippen molar-refractivity contribution in [3.63, 3.8) is 0 Å². The zero-order valence-corrected chi connectivity index (χ0v) is 12.5. The predicted octanol–water partition coefficient (Wildman–Crippen LogP) is 1.56. The highest BCUT2D eigenvalue weighted by molar-refractivity contribution is 7.92. The van der Waals surface area contributed by atoms with Crippen LogP contribution in [-0.4, -0.2) is 33.7 Å². The van der Waals surface area contributed by atoms with Crippen LogP contribution >= 0.6 is 11.6 Å². The minimum absolute atomic E-state index is 0.0951. The van der Waals surface area contributed by atoms with Gasteiger partial charge in [0.25, 0.3) is 5.91 Å². The van der Waals surface area contributed by atoms with Crippen molar-refractivity contribution < 1.29 is 18.0 Å². The molecule has 0 unspecified atom stereocenters. The molecule has 1 aliphatic heterocycles. The number of halogens is 1. The van der Waals surface area contributed by atoms with E-state index in [2.05, 4.69) is 10.3 Å². The van der Waals surface area contributed by atoms with Crippen LogP contribution in [0, 0.1) is 0 Å². The van der Waals surface area contributed by atoms with Crippen LogP contribution in [0.15, 0.2) is 18.2 Å². The van der Waals surface area contributed by atoms with Crippen molar-refractivity contribution in [2.24, 2.45) is 0 Å². The molecule has 110 valence electrons. The number of benzene rings is 1. The van der Waals surface area contributed by atoms with Gasteiger partial charge in [-0.3, -0.25) is 13.9 Å². The van der Waals surface area contributed by atoms with Gasteiger partial charge in [-0.05, 0) is 31.0 Å². The highest BCUT2D eigenvalue weighted by Gasteiger charge is 2.28. The molecule has 0 aromatic heterocycles. The molecule has 0 saturated carbocycles. The second-order valence-electron chi connectivity index (χ2n) is 4.40. The van der Waals surface area contributed by atoms with Gasteiger partial charge in [-0.25, -0.2) is 13.9 Å². The lowest BCUT2D eigenvalue weighted by Gasteiger charge is -2.29. The van der Waals surface area contributed by atoms with Gasteiger partial charge in [-0.1, -0.05) is 11.6 Å². The molecule has 20 heavy (non-hydrogen) atoms. The van der Waals surface area contributed by atoms with Crippen molar-refractivity contribution in [1.29, 1.82) is 0 Å². The number of nitrogens with one attached hydrogen (secondary N) is 1. The first-order valence-electron chi connectivity index (χ1n) is 6.09. The average molecular weight is 319 g/mol. The average Bonchev–Trinajstić information content (AvgIpc) is 2.39. The smallest absolute Gasteiger partial charge is 0.274 e. The number of nitrogens with zero attached hydrogens (tertiary/aromatic N) is 1. The largest absolute Gasteiger partial charge is 0.277 e. The Balaban J connectivity index is 2.40. The Morgan fingerprint density at radius 2 is 2.15 bits per heavy atom. The lowest BCUT2D eigenvalue weighted by molar-refractivity contribution is 0.0537. The van der Waals surface area contributed by atoms with E-state index in [1.54, 1.807) is 0 Å². The van der Waals surface area contributed by atoms with Crippen LogP contribution in [0.4, 0.5) is 5.69 Å². The summed E-state index contributed by atoms with van der Waals surface area (Å²) in [5, 5.41) is 0.296. The van der Waals surface area contributed by atoms with E-state index in [0.717, 1.165) is 6.42 Å². The maximum absolute atomic E-state index is 12.1. The normalized spacial score (nSPS) is 17.8. The molecule has 6 nitrogen and oxygen atoms in total. The second kappa shape index (κ2) is 5.99. The van der Waals surface area contributed by atoms with Crippen LogP contribution in [0.1, 0.15) is 23.2 Å². The van der Waals surface area contributed by atoms with Crippen LogP contribution in [0.25, 0.3) is 0 Å². The van der Waals surface area contributed by atoms with Gasteiger partial charge in [0, 0.05) is 12.1 Å². The summed E-state index contributed by atoms with van der Waals surface area (Å²) in [6.45, 7) is 0.372. The zero-order valence-electron chi connectivity index (χ0n) is 10.9. The molecule has 0 bridgehead atoms. The van der Waals surface area contributed by atoms with Gasteiger partial charge >= 0.3 is 0 Å². The van der Waals surface area contributed by atoms with E-state index in [1.807, 2.05) is 0 Å². The number of hydroxylamine groups is 1. The quantitative estimate of drug-likeness (QED) is 0.858. The third-order valence-electron chi connectivity index (χ3n) is 3.02. The van der Waals surface area contributed by atoms with Gasteiger partial charge in [0.1, 0.15) is 0 Å². The number of anilines is 1. The molecule has 0 radical (unpaired) electrons. The third kappa shape index (κ3) is 3.05. The number of amides is 1. The molecule has 8 heteroatoms. The van der Waals surface area contributed by atoms with Crippen LogP contribution in [0.3, 0.4) is 0 Å². The summed E-state index contributed by atoms with van der Waals surface area (Å²) in [6, 6.07) is 4.47. The van der Waals surface area contributed by atoms with E-state index in [4.69, 9.17) is 11.6 Å². The molecule has 1 aromatic rings. The van der Waals surface area contributed by atoms with Gasteiger partial charge < -0.3 is 0 Å². The number of carbonyl (C=O) groups is 1.